The van der Waals surface area contributed by atoms with Crippen molar-refractivity contribution in [2.75, 3.05) is 33.3 Å². The Morgan fingerprint density at radius 3 is 2.59 bits per heavy atom. The summed E-state index contributed by atoms with van der Waals surface area (Å²) in [7, 11) is 1.58. The first-order chi connectivity index (χ1) is 15.3. The van der Waals surface area contributed by atoms with Crippen LogP contribution < -0.4 is 4.74 Å². The van der Waals surface area contributed by atoms with Crippen molar-refractivity contribution in [3.8, 4) is 5.75 Å². The highest BCUT2D eigenvalue weighted by Gasteiger charge is 2.35. The summed E-state index contributed by atoms with van der Waals surface area (Å²) in [5.74, 6) is 0.545. The fourth-order valence-corrected chi connectivity index (χ4v) is 3.99. The van der Waals surface area contributed by atoms with Gasteiger partial charge in [0, 0.05) is 44.7 Å². The van der Waals surface area contributed by atoms with Gasteiger partial charge in [-0.05, 0) is 23.8 Å². The highest BCUT2D eigenvalue weighted by molar-refractivity contribution is 6.05. The molecule has 2 aromatic rings. The Kier molecular flexibility index (Phi) is 6.36. The number of alkyl halides is 3. The lowest BCUT2D eigenvalue weighted by Gasteiger charge is -2.35. The van der Waals surface area contributed by atoms with E-state index in [9.17, 15) is 18.0 Å². The van der Waals surface area contributed by atoms with Gasteiger partial charge in [0.1, 0.15) is 5.75 Å². The van der Waals surface area contributed by atoms with Crippen molar-refractivity contribution in [1.29, 1.82) is 0 Å². The predicted molar refractivity (Wildman–Crippen MR) is 112 cm³/mol. The summed E-state index contributed by atoms with van der Waals surface area (Å²) in [6.07, 6.45) is -4.67. The first-order valence-electron chi connectivity index (χ1n) is 10.4. The molecule has 1 atom stereocenters. The summed E-state index contributed by atoms with van der Waals surface area (Å²) in [5, 5.41) is 4.10. The van der Waals surface area contributed by atoms with Gasteiger partial charge >= 0.3 is 6.18 Å². The highest BCUT2D eigenvalue weighted by Crippen LogP contribution is 2.30. The molecule has 0 bridgehead atoms. The largest absolute Gasteiger partial charge is 0.496 e. The van der Waals surface area contributed by atoms with Crippen molar-refractivity contribution in [2.45, 2.75) is 25.2 Å². The lowest BCUT2D eigenvalue weighted by molar-refractivity contribution is -0.144. The van der Waals surface area contributed by atoms with Crippen LogP contribution in [0, 0.1) is 0 Å². The van der Waals surface area contributed by atoms with Crippen molar-refractivity contribution in [3.05, 3.63) is 65.2 Å². The molecule has 0 radical (unpaired) electrons. The van der Waals surface area contributed by atoms with Crippen molar-refractivity contribution in [3.63, 3.8) is 0 Å². The summed E-state index contributed by atoms with van der Waals surface area (Å²) in [5.41, 5.74) is 1.43. The number of para-hydroxylation sites is 1. The summed E-state index contributed by atoms with van der Waals surface area (Å²) in [4.78, 5) is 22.1. The molecule has 9 heteroatoms. The molecule has 1 saturated heterocycles. The van der Waals surface area contributed by atoms with Crippen LogP contribution in [0.1, 0.15) is 23.1 Å². The minimum absolute atomic E-state index is 0.127. The number of carbonyl (C=O) groups is 1. The van der Waals surface area contributed by atoms with Crippen LogP contribution in [0.15, 0.2) is 53.7 Å². The first-order valence-corrected chi connectivity index (χ1v) is 10.4. The number of hydrogen-bond acceptors (Lipinski definition) is 5. The smallest absolute Gasteiger partial charge is 0.416 e. The molecular weight excluding hydrogens is 423 g/mol. The minimum Gasteiger partial charge on any atom is -0.496 e. The van der Waals surface area contributed by atoms with Crippen molar-refractivity contribution in [1.82, 2.24) is 9.80 Å². The molecular formula is C23H24F3N3O3. The van der Waals surface area contributed by atoms with Gasteiger partial charge in [-0.2, -0.15) is 13.2 Å². The monoisotopic (exact) mass is 447 g/mol. The number of hydrogen-bond donors (Lipinski definition) is 0. The summed E-state index contributed by atoms with van der Waals surface area (Å²) in [6, 6.07) is 12.8. The van der Waals surface area contributed by atoms with Gasteiger partial charge in [-0.15, -0.1) is 0 Å². The average Bonchev–Trinajstić information content (AvgIpc) is 3.29. The maximum Gasteiger partial charge on any atom is 0.416 e. The Bertz CT molecular complexity index is 1000. The molecule has 0 N–H and O–H groups in total. The zero-order valence-corrected chi connectivity index (χ0v) is 17.6. The summed E-state index contributed by atoms with van der Waals surface area (Å²) in [6.45, 7) is 2.54. The van der Waals surface area contributed by atoms with Crippen LogP contribution in [0.2, 0.25) is 0 Å². The number of nitrogens with zero attached hydrogens (tertiary/aromatic N) is 3. The Morgan fingerprint density at radius 1 is 1.12 bits per heavy atom. The van der Waals surface area contributed by atoms with Gasteiger partial charge in [0.15, 0.2) is 0 Å². The van der Waals surface area contributed by atoms with Crippen molar-refractivity contribution in [2.24, 2.45) is 5.16 Å². The molecule has 32 heavy (non-hydrogen) atoms. The van der Waals surface area contributed by atoms with E-state index in [1.54, 1.807) is 18.1 Å². The van der Waals surface area contributed by atoms with Gasteiger partial charge < -0.3 is 14.5 Å². The Labute approximate surface area is 184 Å². The van der Waals surface area contributed by atoms with E-state index in [2.05, 4.69) is 5.16 Å². The predicted octanol–water partition coefficient (Wildman–Crippen LogP) is 3.55. The number of carbonyl (C=O) groups excluding carboxylic acids is 1. The number of rotatable bonds is 5. The lowest BCUT2D eigenvalue weighted by atomic mass is 10.0. The van der Waals surface area contributed by atoms with Gasteiger partial charge in [-0.25, -0.2) is 0 Å². The van der Waals surface area contributed by atoms with E-state index in [0.717, 1.165) is 11.6 Å². The second-order valence-electron chi connectivity index (χ2n) is 7.84. The third-order valence-corrected chi connectivity index (χ3v) is 5.71. The van der Waals surface area contributed by atoms with Gasteiger partial charge in [0.2, 0.25) is 6.10 Å². The van der Waals surface area contributed by atoms with Gasteiger partial charge in [-0.1, -0.05) is 35.5 Å². The average molecular weight is 447 g/mol. The molecule has 1 unspecified atom stereocenters. The van der Waals surface area contributed by atoms with Gasteiger partial charge in [0.05, 0.1) is 18.4 Å². The molecule has 6 nitrogen and oxygen atoms in total. The van der Waals surface area contributed by atoms with E-state index in [1.807, 2.05) is 29.2 Å². The van der Waals surface area contributed by atoms with E-state index in [4.69, 9.17) is 9.57 Å². The van der Waals surface area contributed by atoms with Crippen molar-refractivity contribution < 1.29 is 27.5 Å². The van der Waals surface area contributed by atoms with E-state index >= 15 is 0 Å². The third-order valence-electron chi connectivity index (χ3n) is 5.71. The maximum absolute atomic E-state index is 12.9. The molecule has 1 fully saturated rings. The molecule has 4 rings (SSSR count). The van der Waals surface area contributed by atoms with Crippen LogP contribution in [0.3, 0.4) is 0 Å². The molecule has 2 aliphatic heterocycles. The second kappa shape index (κ2) is 9.20. The van der Waals surface area contributed by atoms with Crippen LogP contribution in [0.25, 0.3) is 0 Å². The minimum atomic E-state index is -4.35. The highest BCUT2D eigenvalue weighted by atomic mass is 19.4. The standard InChI is InChI=1S/C23H24F3N3O3/c1-31-20-8-3-2-7-18(20)19-14-21(32-27-19)22(30)29-11-9-28(10-12-29)15-16-5-4-6-17(13-16)23(24,25)26/h2-8,13,21H,9-12,14-15H2,1H3. The molecule has 2 aliphatic rings. The second-order valence-corrected chi connectivity index (χ2v) is 7.84. The fourth-order valence-electron chi connectivity index (χ4n) is 3.99. The molecule has 1 amide bonds. The summed E-state index contributed by atoms with van der Waals surface area (Å²) >= 11 is 0. The number of ether oxygens (including phenoxy) is 1. The van der Waals surface area contributed by atoms with Crippen LogP contribution in [-0.4, -0.2) is 60.8 Å². The number of piperazine rings is 1. The Balaban J connectivity index is 1.30. The van der Waals surface area contributed by atoms with E-state index in [1.165, 1.54) is 12.1 Å². The van der Waals surface area contributed by atoms with E-state index in [0.29, 0.717) is 56.2 Å². The zero-order valence-electron chi connectivity index (χ0n) is 17.6. The molecule has 0 aliphatic carbocycles. The fraction of sp³-hybridized carbons (Fsp3) is 0.391. The van der Waals surface area contributed by atoms with Crippen LogP contribution >= 0.6 is 0 Å². The lowest BCUT2D eigenvalue weighted by Crippen LogP contribution is -2.51. The molecule has 0 spiro atoms. The maximum atomic E-state index is 12.9. The van der Waals surface area contributed by atoms with Crippen LogP contribution in [0.4, 0.5) is 13.2 Å². The van der Waals surface area contributed by atoms with Gasteiger partial charge in [-0.3, -0.25) is 9.69 Å². The zero-order chi connectivity index (χ0) is 22.7. The number of halogens is 3. The number of oxime groups is 1. The topological polar surface area (TPSA) is 54.4 Å². The first kappa shape index (κ1) is 22.1. The third kappa shape index (κ3) is 4.88. The Hall–Kier alpha value is -3.07. The number of amides is 1. The number of benzene rings is 2. The van der Waals surface area contributed by atoms with E-state index in [-0.39, 0.29) is 5.91 Å². The van der Waals surface area contributed by atoms with Crippen LogP contribution in [0.5, 0.6) is 5.75 Å². The van der Waals surface area contributed by atoms with E-state index < -0.39 is 17.8 Å². The molecule has 2 heterocycles. The van der Waals surface area contributed by atoms with Crippen molar-refractivity contribution >= 4 is 11.6 Å². The van der Waals surface area contributed by atoms with Crippen LogP contribution in [-0.2, 0) is 22.4 Å². The molecule has 170 valence electrons. The quantitative estimate of drug-likeness (QED) is 0.704. The normalized spacial score (nSPS) is 19.4. The van der Waals surface area contributed by atoms with Gasteiger partial charge in [0.25, 0.3) is 5.91 Å². The SMILES string of the molecule is COc1ccccc1C1=NOC(C(=O)N2CCN(Cc3cccc(C(F)(F)F)c3)CC2)C1. The number of methoxy groups -OCH3 is 1. The summed E-state index contributed by atoms with van der Waals surface area (Å²) < 4.78 is 44.1. The Morgan fingerprint density at radius 2 is 1.88 bits per heavy atom. The molecule has 2 aromatic carbocycles. The molecule has 0 aromatic heterocycles. The molecule has 0 saturated carbocycles.